The Balaban J connectivity index is 1.60. The molecule has 5 heteroatoms. The molecule has 0 fully saturated rings. The molecule has 0 spiro atoms. The predicted octanol–water partition coefficient (Wildman–Crippen LogP) is 5.54. The molecule has 5 rings (SSSR count). The Kier molecular flexibility index (Phi) is 4.71. The Morgan fingerprint density at radius 3 is 2.55 bits per heavy atom. The van der Waals surface area contributed by atoms with Gasteiger partial charge in [-0.1, -0.05) is 44.2 Å². The van der Waals surface area contributed by atoms with E-state index in [1.807, 2.05) is 65.5 Å². The van der Waals surface area contributed by atoms with Crippen molar-refractivity contribution in [2.75, 3.05) is 0 Å². The Labute approximate surface area is 180 Å². The number of benzene rings is 1. The SMILES string of the molecule is CC(C)c1cc[nH]c(=O)c1-c1ccn2c(-c3ccnc(-c4ccccc4)c3)cnc2c1. The normalized spacial score (nSPS) is 11.3. The molecule has 4 aromatic heterocycles. The Bertz CT molecular complexity index is 1430. The maximum absolute atomic E-state index is 12.6. The molecule has 31 heavy (non-hydrogen) atoms. The number of nitrogens with one attached hydrogen (secondary N) is 1. The smallest absolute Gasteiger partial charge is 0.256 e. The van der Waals surface area contributed by atoms with Crippen LogP contribution in [0, 0.1) is 0 Å². The summed E-state index contributed by atoms with van der Waals surface area (Å²) < 4.78 is 2.04. The van der Waals surface area contributed by atoms with E-state index in [-0.39, 0.29) is 11.5 Å². The lowest BCUT2D eigenvalue weighted by atomic mass is 9.95. The Morgan fingerprint density at radius 1 is 0.903 bits per heavy atom. The van der Waals surface area contributed by atoms with E-state index in [1.165, 1.54) is 0 Å². The Morgan fingerprint density at radius 2 is 1.74 bits per heavy atom. The summed E-state index contributed by atoms with van der Waals surface area (Å²) in [4.78, 5) is 24.5. The molecule has 0 radical (unpaired) electrons. The van der Waals surface area contributed by atoms with Crippen molar-refractivity contribution in [2.24, 2.45) is 0 Å². The summed E-state index contributed by atoms with van der Waals surface area (Å²) in [5.41, 5.74) is 7.33. The van der Waals surface area contributed by atoms with Crippen molar-refractivity contribution in [3.05, 3.63) is 101 Å². The minimum absolute atomic E-state index is 0.0797. The predicted molar refractivity (Wildman–Crippen MR) is 124 cm³/mol. The highest BCUT2D eigenvalue weighted by molar-refractivity contribution is 5.74. The second-order valence-corrected chi connectivity index (χ2v) is 7.87. The number of nitrogens with zero attached hydrogens (tertiary/aromatic N) is 3. The summed E-state index contributed by atoms with van der Waals surface area (Å²) >= 11 is 0. The number of aromatic amines is 1. The van der Waals surface area contributed by atoms with Crippen LogP contribution in [0.15, 0.2) is 90.2 Å². The fraction of sp³-hybridized carbons (Fsp3) is 0.115. The van der Waals surface area contributed by atoms with E-state index in [0.717, 1.165) is 39.3 Å². The average molecular weight is 406 g/mol. The number of pyridine rings is 3. The highest BCUT2D eigenvalue weighted by atomic mass is 16.1. The molecule has 4 heterocycles. The fourth-order valence-electron chi connectivity index (χ4n) is 3.98. The quantitative estimate of drug-likeness (QED) is 0.426. The molecule has 0 aliphatic rings. The van der Waals surface area contributed by atoms with Crippen LogP contribution in [0.1, 0.15) is 25.3 Å². The molecule has 152 valence electrons. The van der Waals surface area contributed by atoms with Crippen LogP contribution in [0.5, 0.6) is 0 Å². The molecule has 1 N–H and O–H groups in total. The van der Waals surface area contributed by atoms with E-state index in [9.17, 15) is 4.79 Å². The molecule has 0 atom stereocenters. The topological polar surface area (TPSA) is 63.0 Å². The van der Waals surface area contributed by atoms with Crippen LogP contribution in [0.3, 0.4) is 0 Å². The molecule has 0 unspecified atom stereocenters. The summed E-state index contributed by atoms with van der Waals surface area (Å²) in [7, 11) is 0. The van der Waals surface area contributed by atoms with Crippen molar-refractivity contribution in [3.8, 4) is 33.6 Å². The first kappa shape index (κ1) is 19.0. The lowest BCUT2D eigenvalue weighted by Crippen LogP contribution is -2.12. The van der Waals surface area contributed by atoms with Crippen LogP contribution in [0.4, 0.5) is 0 Å². The van der Waals surface area contributed by atoms with Gasteiger partial charge in [0.15, 0.2) is 0 Å². The zero-order chi connectivity index (χ0) is 21.4. The highest BCUT2D eigenvalue weighted by Gasteiger charge is 2.15. The maximum atomic E-state index is 12.6. The monoisotopic (exact) mass is 406 g/mol. The van der Waals surface area contributed by atoms with Gasteiger partial charge in [0.1, 0.15) is 5.65 Å². The van der Waals surface area contributed by atoms with Gasteiger partial charge >= 0.3 is 0 Å². The van der Waals surface area contributed by atoms with Crippen molar-refractivity contribution < 1.29 is 0 Å². The van der Waals surface area contributed by atoms with Gasteiger partial charge in [-0.3, -0.25) is 14.2 Å². The lowest BCUT2D eigenvalue weighted by Gasteiger charge is -2.12. The first-order valence-electron chi connectivity index (χ1n) is 10.3. The van der Waals surface area contributed by atoms with Gasteiger partial charge in [-0.2, -0.15) is 0 Å². The van der Waals surface area contributed by atoms with Gasteiger partial charge < -0.3 is 4.98 Å². The molecule has 0 saturated carbocycles. The minimum Gasteiger partial charge on any atom is -0.329 e. The van der Waals surface area contributed by atoms with Crippen molar-refractivity contribution in [2.45, 2.75) is 19.8 Å². The second-order valence-electron chi connectivity index (χ2n) is 7.87. The van der Waals surface area contributed by atoms with Crippen LogP contribution in [0.2, 0.25) is 0 Å². The molecule has 0 amide bonds. The van der Waals surface area contributed by atoms with Gasteiger partial charge in [0.2, 0.25) is 0 Å². The highest BCUT2D eigenvalue weighted by Crippen LogP contribution is 2.29. The number of aromatic nitrogens is 4. The molecule has 0 bridgehead atoms. The summed E-state index contributed by atoms with van der Waals surface area (Å²) in [6, 6.07) is 20.1. The first-order valence-corrected chi connectivity index (χ1v) is 10.3. The maximum Gasteiger partial charge on any atom is 0.256 e. The van der Waals surface area contributed by atoms with Gasteiger partial charge in [-0.05, 0) is 47.4 Å². The van der Waals surface area contributed by atoms with Crippen LogP contribution in [0.25, 0.3) is 39.3 Å². The van der Waals surface area contributed by atoms with E-state index in [4.69, 9.17) is 0 Å². The number of hydrogen-bond acceptors (Lipinski definition) is 3. The molecular weight excluding hydrogens is 384 g/mol. The van der Waals surface area contributed by atoms with Crippen LogP contribution < -0.4 is 5.56 Å². The van der Waals surface area contributed by atoms with E-state index in [0.29, 0.717) is 5.56 Å². The van der Waals surface area contributed by atoms with Gasteiger partial charge in [0.05, 0.1) is 23.1 Å². The van der Waals surface area contributed by atoms with Crippen molar-refractivity contribution >= 4 is 5.65 Å². The third-order valence-electron chi connectivity index (χ3n) is 5.54. The van der Waals surface area contributed by atoms with Crippen LogP contribution in [-0.2, 0) is 0 Å². The van der Waals surface area contributed by atoms with E-state index in [2.05, 4.69) is 47.0 Å². The number of rotatable bonds is 4. The number of imidazole rings is 1. The molecule has 5 nitrogen and oxygen atoms in total. The number of fused-ring (bicyclic) bond motifs is 1. The molecular formula is C26H22N4O. The minimum atomic E-state index is -0.0797. The molecule has 0 aliphatic heterocycles. The standard InChI is InChI=1S/C26H22N4O/c1-17(2)21-9-12-28-26(31)25(21)20-10-13-30-23(16-29-24(30)15-20)19-8-11-27-22(14-19)18-6-4-3-5-7-18/h3-17H,1-2H3,(H,28,31). The van der Waals surface area contributed by atoms with E-state index < -0.39 is 0 Å². The molecule has 0 aliphatic carbocycles. The summed E-state index contributed by atoms with van der Waals surface area (Å²) in [6.45, 7) is 4.19. The van der Waals surface area contributed by atoms with Crippen LogP contribution >= 0.6 is 0 Å². The van der Waals surface area contributed by atoms with Crippen molar-refractivity contribution in [1.29, 1.82) is 0 Å². The third kappa shape index (κ3) is 3.44. The van der Waals surface area contributed by atoms with Gasteiger partial charge in [-0.25, -0.2) is 4.98 Å². The molecule has 1 aromatic carbocycles. The zero-order valence-electron chi connectivity index (χ0n) is 17.4. The average Bonchev–Trinajstić information content (AvgIpc) is 3.23. The summed E-state index contributed by atoms with van der Waals surface area (Å²) in [5, 5.41) is 0. The largest absolute Gasteiger partial charge is 0.329 e. The number of hydrogen-bond donors (Lipinski definition) is 1. The summed E-state index contributed by atoms with van der Waals surface area (Å²) in [5.74, 6) is 0.247. The zero-order valence-corrected chi connectivity index (χ0v) is 17.4. The third-order valence-corrected chi connectivity index (χ3v) is 5.54. The first-order chi connectivity index (χ1) is 15.1. The summed E-state index contributed by atoms with van der Waals surface area (Å²) in [6.07, 6.45) is 7.37. The van der Waals surface area contributed by atoms with E-state index >= 15 is 0 Å². The molecule has 0 saturated heterocycles. The number of H-pyrrole nitrogens is 1. The van der Waals surface area contributed by atoms with Gasteiger partial charge in [-0.15, -0.1) is 0 Å². The van der Waals surface area contributed by atoms with Crippen molar-refractivity contribution in [3.63, 3.8) is 0 Å². The van der Waals surface area contributed by atoms with Crippen LogP contribution in [-0.4, -0.2) is 19.4 Å². The van der Waals surface area contributed by atoms with Crippen molar-refractivity contribution in [1.82, 2.24) is 19.4 Å². The van der Waals surface area contributed by atoms with E-state index in [1.54, 1.807) is 6.20 Å². The van der Waals surface area contributed by atoms with Gasteiger partial charge in [0.25, 0.3) is 5.56 Å². The molecule has 5 aromatic rings. The Hall–Kier alpha value is -3.99. The fourth-order valence-corrected chi connectivity index (χ4v) is 3.98. The van der Waals surface area contributed by atoms with Gasteiger partial charge in [0, 0.05) is 29.7 Å². The lowest BCUT2D eigenvalue weighted by molar-refractivity contribution is 0.862. The second kappa shape index (κ2) is 7.69.